The quantitative estimate of drug-likeness (QED) is 0.661. The molecule has 2 aromatic carbocycles. The predicted octanol–water partition coefficient (Wildman–Crippen LogP) is 2.35. The first kappa shape index (κ1) is 13.7. The summed E-state index contributed by atoms with van der Waals surface area (Å²) in [6.45, 7) is 0. The second-order valence-corrected chi connectivity index (χ2v) is 4.07. The minimum absolute atomic E-state index is 0.00784. The second kappa shape index (κ2) is 5.52. The molecule has 0 fully saturated rings. The summed E-state index contributed by atoms with van der Waals surface area (Å²) < 4.78 is 10.2. The van der Waals surface area contributed by atoms with Gasteiger partial charge in [0.25, 0.3) is 0 Å². The molecule has 5 heteroatoms. The minimum atomic E-state index is -0.449. The molecule has 0 heterocycles. The van der Waals surface area contributed by atoms with E-state index in [1.165, 1.54) is 32.4 Å². The van der Waals surface area contributed by atoms with Gasteiger partial charge in [-0.15, -0.1) is 0 Å². The molecule has 0 aliphatic heterocycles. The van der Waals surface area contributed by atoms with Gasteiger partial charge in [-0.25, -0.2) is 0 Å². The molecule has 0 radical (unpaired) electrons. The summed E-state index contributed by atoms with van der Waals surface area (Å²) in [5, 5.41) is 19.2. The van der Waals surface area contributed by atoms with Crippen LogP contribution in [0.2, 0.25) is 0 Å². The molecule has 0 aliphatic carbocycles. The van der Waals surface area contributed by atoms with E-state index in [0.717, 1.165) is 0 Å². The fourth-order valence-electron chi connectivity index (χ4n) is 1.85. The van der Waals surface area contributed by atoms with E-state index in [1.807, 2.05) is 0 Å². The fourth-order valence-corrected chi connectivity index (χ4v) is 1.85. The van der Waals surface area contributed by atoms with Crippen molar-refractivity contribution in [3.8, 4) is 23.0 Å². The monoisotopic (exact) mass is 274 g/mol. The van der Waals surface area contributed by atoms with Crippen LogP contribution in [-0.4, -0.2) is 30.2 Å². The molecule has 0 spiro atoms. The number of carbonyl (C=O) groups is 1. The van der Waals surface area contributed by atoms with Gasteiger partial charge in [0.05, 0.1) is 25.3 Å². The van der Waals surface area contributed by atoms with Crippen LogP contribution < -0.4 is 9.47 Å². The van der Waals surface area contributed by atoms with Gasteiger partial charge in [-0.1, -0.05) is 6.07 Å². The van der Waals surface area contributed by atoms with Crippen molar-refractivity contribution in [1.82, 2.24) is 0 Å². The average molecular weight is 274 g/mol. The van der Waals surface area contributed by atoms with Crippen LogP contribution in [0.5, 0.6) is 23.0 Å². The Balaban J connectivity index is 2.50. The summed E-state index contributed by atoms with van der Waals surface area (Å²) >= 11 is 0. The molecule has 0 unspecified atom stereocenters. The van der Waals surface area contributed by atoms with E-state index in [9.17, 15) is 15.0 Å². The number of carbonyl (C=O) groups excluding carboxylic acids is 1. The second-order valence-electron chi connectivity index (χ2n) is 4.07. The molecule has 0 saturated carbocycles. The normalized spacial score (nSPS) is 10.1. The molecular formula is C15H14O5. The third-order valence-corrected chi connectivity index (χ3v) is 2.91. The van der Waals surface area contributed by atoms with Crippen molar-refractivity contribution < 1.29 is 24.5 Å². The molecular weight excluding hydrogens is 260 g/mol. The molecule has 20 heavy (non-hydrogen) atoms. The summed E-state index contributed by atoms with van der Waals surface area (Å²) in [4.78, 5) is 12.4. The number of methoxy groups -OCH3 is 2. The maximum atomic E-state index is 12.4. The SMILES string of the molecule is COc1ccc(C(=O)c2cccc(O)c2O)c(OC)c1. The Morgan fingerprint density at radius 1 is 1.00 bits per heavy atom. The van der Waals surface area contributed by atoms with Crippen LogP contribution in [0, 0.1) is 0 Å². The number of ether oxygens (including phenoxy) is 2. The first-order valence-electron chi connectivity index (χ1n) is 5.86. The zero-order valence-corrected chi connectivity index (χ0v) is 11.1. The standard InChI is InChI=1S/C15H14O5/c1-19-9-6-7-10(13(8-9)20-2)14(17)11-4-3-5-12(16)15(11)18/h3-8,16,18H,1-2H3. The summed E-state index contributed by atoms with van der Waals surface area (Å²) in [7, 11) is 2.95. The van der Waals surface area contributed by atoms with Gasteiger partial charge in [0.15, 0.2) is 11.5 Å². The molecule has 0 atom stereocenters. The van der Waals surface area contributed by atoms with E-state index in [-0.39, 0.29) is 16.9 Å². The van der Waals surface area contributed by atoms with Gasteiger partial charge in [0.2, 0.25) is 5.78 Å². The van der Waals surface area contributed by atoms with Crippen molar-refractivity contribution in [3.63, 3.8) is 0 Å². The van der Waals surface area contributed by atoms with Crippen LogP contribution in [-0.2, 0) is 0 Å². The molecule has 0 bridgehead atoms. The van der Waals surface area contributed by atoms with Crippen molar-refractivity contribution >= 4 is 5.78 Å². The van der Waals surface area contributed by atoms with Crippen molar-refractivity contribution in [2.75, 3.05) is 14.2 Å². The third-order valence-electron chi connectivity index (χ3n) is 2.91. The maximum absolute atomic E-state index is 12.4. The summed E-state index contributed by atoms with van der Waals surface area (Å²) in [5.41, 5.74) is 0.280. The smallest absolute Gasteiger partial charge is 0.200 e. The zero-order valence-electron chi connectivity index (χ0n) is 11.1. The molecule has 104 valence electrons. The molecule has 0 aromatic heterocycles. The van der Waals surface area contributed by atoms with Crippen molar-refractivity contribution in [1.29, 1.82) is 0 Å². The molecule has 5 nitrogen and oxygen atoms in total. The van der Waals surface area contributed by atoms with Gasteiger partial charge in [0, 0.05) is 6.07 Å². The largest absolute Gasteiger partial charge is 0.504 e. The fraction of sp³-hybridized carbons (Fsp3) is 0.133. The van der Waals surface area contributed by atoms with Crippen LogP contribution >= 0.6 is 0 Å². The molecule has 0 saturated heterocycles. The number of ketones is 1. The van der Waals surface area contributed by atoms with E-state index >= 15 is 0 Å². The maximum Gasteiger partial charge on any atom is 0.200 e. The first-order valence-corrected chi connectivity index (χ1v) is 5.86. The topological polar surface area (TPSA) is 76.0 Å². The molecule has 2 N–H and O–H groups in total. The lowest BCUT2D eigenvalue weighted by Crippen LogP contribution is -2.04. The van der Waals surface area contributed by atoms with E-state index in [2.05, 4.69) is 0 Å². The Kier molecular flexibility index (Phi) is 3.79. The number of benzene rings is 2. The molecule has 2 aromatic rings. The van der Waals surface area contributed by atoms with Crippen LogP contribution in [0.1, 0.15) is 15.9 Å². The van der Waals surface area contributed by atoms with E-state index in [1.54, 1.807) is 18.2 Å². The van der Waals surface area contributed by atoms with E-state index in [0.29, 0.717) is 11.5 Å². The van der Waals surface area contributed by atoms with Gasteiger partial charge in [0.1, 0.15) is 11.5 Å². The number of aromatic hydroxyl groups is 2. The lowest BCUT2D eigenvalue weighted by Gasteiger charge is -2.10. The summed E-state index contributed by atoms with van der Waals surface area (Å²) in [5.74, 6) is -0.354. The Morgan fingerprint density at radius 3 is 2.40 bits per heavy atom. The lowest BCUT2D eigenvalue weighted by atomic mass is 10.0. The number of para-hydroxylation sites is 1. The highest BCUT2D eigenvalue weighted by Crippen LogP contribution is 2.33. The summed E-state index contributed by atoms with van der Waals surface area (Å²) in [6, 6.07) is 8.96. The highest BCUT2D eigenvalue weighted by molar-refractivity contribution is 6.12. The number of hydrogen-bond donors (Lipinski definition) is 2. The van der Waals surface area contributed by atoms with Crippen LogP contribution in [0.25, 0.3) is 0 Å². The van der Waals surface area contributed by atoms with Gasteiger partial charge in [-0.05, 0) is 24.3 Å². The summed E-state index contributed by atoms with van der Waals surface area (Å²) in [6.07, 6.45) is 0. The van der Waals surface area contributed by atoms with Crippen molar-refractivity contribution in [2.24, 2.45) is 0 Å². The van der Waals surface area contributed by atoms with Crippen molar-refractivity contribution in [3.05, 3.63) is 47.5 Å². The molecule has 2 rings (SSSR count). The minimum Gasteiger partial charge on any atom is -0.504 e. The first-order chi connectivity index (χ1) is 9.58. The van der Waals surface area contributed by atoms with E-state index in [4.69, 9.17) is 9.47 Å². The third kappa shape index (κ3) is 2.38. The Bertz CT molecular complexity index is 649. The van der Waals surface area contributed by atoms with Crippen LogP contribution in [0.3, 0.4) is 0 Å². The number of phenolic OH excluding ortho intramolecular Hbond substituents is 2. The Hall–Kier alpha value is -2.69. The Labute approximate surface area is 116 Å². The highest BCUT2D eigenvalue weighted by atomic mass is 16.5. The predicted molar refractivity (Wildman–Crippen MR) is 72.8 cm³/mol. The lowest BCUT2D eigenvalue weighted by molar-refractivity contribution is 0.103. The van der Waals surface area contributed by atoms with Crippen LogP contribution in [0.4, 0.5) is 0 Å². The van der Waals surface area contributed by atoms with Gasteiger partial charge in [-0.3, -0.25) is 4.79 Å². The highest BCUT2D eigenvalue weighted by Gasteiger charge is 2.19. The molecule has 0 amide bonds. The Morgan fingerprint density at radius 2 is 1.75 bits per heavy atom. The number of rotatable bonds is 4. The average Bonchev–Trinajstić information content (AvgIpc) is 2.48. The van der Waals surface area contributed by atoms with Gasteiger partial charge in [-0.2, -0.15) is 0 Å². The molecule has 0 aliphatic rings. The van der Waals surface area contributed by atoms with Gasteiger partial charge < -0.3 is 19.7 Å². The zero-order chi connectivity index (χ0) is 14.7. The van der Waals surface area contributed by atoms with E-state index < -0.39 is 11.5 Å². The number of hydrogen-bond acceptors (Lipinski definition) is 5. The van der Waals surface area contributed by atoms with Crippen molar-refractivity contribution in [2.45, 2.75) is 0 Å². The van der Waals surface area contributed by atoms with Gasteiger partial charge >= 0.3 is 0 Å². The number of phenols is 2. The van der Waals surface area contributed by atoms with Crippen LogP contribution in [0.15, 0.2) is 36.4 Å².